The average Bonchev–Trinajstić information content (AvgIpc) is 3.11. The van der Waals surface area contributed by atoms with E-state index >= 15 is 0 Å². The summed E-state index contributed by atoms with van der Waals surface area (Å²) in [7, 11) is 0. The third-order valence-corrected chi connectivity index (χ3v) is 4.38. The molecule has 23 heavy (non-hydrogen) atoms. The molecule has 1 atom stereocenters. The third-order valence-electron chi connectivity index (χ3n) is 4.38. The van der Waals surface area contributed by atoms with E-state index in [2.05, 4.69) is 39.2 Å². The summed E-state index contributed by atoms with van der Waals surface area (Å²) in [5.74, 6) is 1.74. The minimum Gasteiger partial charge on any atom is -0.394 e. The molecule has 0 amide bonds. The molecular formula is C18H24N4O. The van der Waals surface area contributed by atoms with Gasteiger partial charge in [-0.05, 0) is 37.3 Å². The standard InChI is InChI=1S/C18H24N4O/c1-14-6-2-3-7-15(14)10-16(12-23)21-17-11-18(20-13-19-17)22-8-4-5-9-22/h2-3,6-7,11,13,16,23H,4-5,8-10,12H2,1H3,(H,19,20,21). The zero-order chi connectivity index (χ0) is 16.1. The van der Waals surface area contributed by atoms with Gasteiger partial charge < -0.3 is 15.3 Å². The van der Waals surface area contributed by atoms with Crippen LogP contribution in [0.1, 0.15) is 24.0 Å². The first-order valence-corrected chi connectivity index (χ1v) is 8.25. The van der Waals surface area contributed by atoms with Crippen LogP contribution >= 0.6 is 0 Å². The maximum atomic E-state index is 9.70. The normalized spacial score (nSPS) is 15.7. The topological polar surface area (TPSA) is 61.3 Å². The van der Waals surface area contributed by atoms with Crippen LogP contribution in [0.3, 0.4) is 0 Å². The predicted molar refractivity (Wildman–Crippen MR) is 92.9 cm³/mol. The number of hydrogen-bond donors (Lipinski definition) is 2. The molecule has 1 aliphatic heterocycles. The van der Waals surface area contributed by atoms with Gasteiger partial charge in [-0.1, -0.05) is 24.3 Å². The minimum atomic E-state index is -0.0579. The van der Waals surface area contributed by atoms with Crippen molar-refractivity contribution < 1.29 is 5.11 Å². The SMILES string of the molecule is Cc1ccccc1CC(CO)Nc1cc(N2CCCC2)ncn1. The number of rotatable bonds is 6. The second-order valence-electron chi connectivity index (χ2n) is 6.11. The van der Waals surface area contributed by atoms with Gasteiger partial charge in [-0.3, -0.25) is 0 Å². The average molecular weight is 312 g/mol. The van der Waals surface area contributed by atoms with Gasteiger partial charge in [-0.25, -0.2) is 9.97 Å². The summed E-state index contributed by atoms with van der Waals surface area (Å²) >= 11 is 0. The Kier molecular flexibility index (Phi) is 5.08. The minimum absolute atomic E-state index is 0.0579. The molecule has 122 valence electrons. The van der Waals surface area contributed by atoms with Crippen molar-refractivity contribution in [3.63, 3.8) is 0 Å². The highest BCUT2D eigenvalue weighted by Gasteiger charge is 2.15. The van der Waals surface area contributed by atoms with Crippen LogP contribution in [0.15, 0.2) is 36.7 Å². The summed E-state index contributed by atoms with van der Waals surface area (Å²) in [4.78, 5) is 10.9. The molecule has 0 saturated carbocycles. The molecule has 3 rings (SSSR count). The van der Waals surface area contributed by atoms with Gasteiger partial charge in [0.15, 0.2) is 0 Å². The molecule has 1 aliphatic rings. The van der Waals surface area contributed by atoms with Crippen LogP contribution in [0, 0.1) is 6.92 Å². The Morgan fingerprint density at radius 1 is 1.22 bits per heavy atom. The van der Waals surface area contributed by atoms with Crippen molar-refractivity contribution in [1.29, 1.82) is 0 Å². The lowest BCUT2D eigenvalue weighted by Gasteiger charge is -2.20. The highest BCUT2D eigenvalue weighted by molar-refractivity contribution is 5.49. The van der Waals surface area contributed by atoms with E-state index in [0.717, 1.165) is 31.1 Å². The van der Waals surface area contributed by atoms with Gasteiger partial charge in [0.25, 0.3) is 0 Å². The van der Waals surface area contributed by atoms with E-state index in [0.29, 0.717) is 0 Å². The van der Waals surface area contributed by atoms with Crippen molar-refractivity contribution in [2.24, 2.45) is 0 Å². The van der Waals surface area contributed by atoms with Crippen LogP contribution in [-0.2, 0) is 6.42 Å². The van der Waals surface area contributed by atoms with E-state index in [-0.39, 0.29) is 12.6 Å². The molecule has 1 fully saturated rings. The summed E-state index contributed by atoms with van der Waals surface area (Å²) in [6.07, 6.45) is 4.81. The van der Waals surface area contributed by atoms with Crippen LogP contribution < -0.4 is 10.2 Å². The van der Waals surface area contributed by atoms with Gasteiger partial charge in [0.2, 0.25) is 0 Å². The number of nitrogens with zero attached hydrogens (tertiary/aromatic N) is 3. The van der Waals surface area contributed by atoms with Crippen molar-refractivity contribution in [3.8, 4) is 0 Å². The molecular weight excluding hydrogens is 288 g/mol. The number of aliphatic hydroxyl groups excluding tert-OH is 1. The number of aryl methyl sites for hydroxylation is 1. The van der Waals surface area contributed by atoms with Crippen LogP contribution in [0.5, 0.6) is 0 Å². The monoisotopic (exact) mass is 312 g/mol. The quantitative estimate of drug-likeness (QED) is 0.857. The second kappa shape index (κ2) is 7.42. The lowest BCUT2D eigenvalue weighted by molar-refractivity contribution is 0.273. The first kappa shape index (κ1) is 15.7. The molecule has 0 aliphatic carbocycles. The molecule has 0 bridgehead atoms. The summed E-state index contributed by atoms with van der Waals surface area (Å²) in [6.45, 7) is 4.28. The molecule has 2 N–H and O–H groups in total. The molecule has 5 heteroatoms. The lowest BCUT2D eigenvalue weighted by atomic mass is 10.0. The summed E-state index contributed by atoms with van der Waals surface area (Å²) in [5.41, 5.74) is 2.49. The molecule has 1 aromatic carbocycles. The highest BCUT2D eigenvalue weighted by atomic mass is 16.3. The van der Waals surface area contributed by atoms with Crippen molar-refractivity contribution in [3.05, 3.63) is 47.8 Å². The van der Waals surface area contributed by atoms with Gasteiger partial charge >= 0.3 is 0 Å². The Hall–Kier alpha value is -2.14. The first-order chi connectivity index (χ1) is 11.3. The maximum absolute atomic E-state index is 9.70. The third kappa shape index (κ3) is 3.99. The Bertz CT molecular complexity index is 640. The number of benzene rings is 1. The fourth-order valence-corrected chi connectivity index (χ4v) is 3.02. The van der Waals surface area contributed by atoms with Crippen molar-refractivity contribution in [2.75, 3.05) is 29.9 Å². The van der Waals surface area contributed by atoms with Crippen LogP contribution in [0.2, 0.25) is 0 Å². The Balaban J connectivity index is 1.69. The number of anilines is 2. The van der Waals surface area contributed by atoms with E-state index in [1.54, 1.807) is 6.33 Å². The summed E-state index contributed by atoms with van der Waals surface area (Å²) < 4.78 is 0. The van der Waals surface area contributed by atoms with Gasteiger partial charge in [-0.15, -0.1) is 0 Å². The number of aromatic nitrogens is 2. The van der Waals surface area contributed by atoms with Gasteiger partial charge in [0.1, 0.15) is 18.0 Å². The number of nitrogens with one attached hydrogen (secondary N) is 1. The fourth-order valence-electron chi connectivity index (χ4n) is 3.02. The molecule has 2 aromatic rings. The molecule has 5 nitrogen and oxygen atoms in total. The fraction of sp³-hybridized carbons (Fsp3) is 0.444. The number of hydrogen-bond acceptors (Lipinski definition) is 5. The predicted octanol–water partition coefficient (Wildman–Crippen LogP) is 2.40. The van der Waals surface area contributed by atoms with Crippen molar-refractivity contribution >= 4 is 11.6 Å². The Morgan fingerprint density at radius 2 is 2.00 bits per heavy atom. The van der Waals surface area contributed by atoms with E-state index < -0.39 is 0 Å². The smallest absolute Gasteiger partial charge is 0.134 e. The second-order valence-corrected chi connectivity index (χ2v) is 6.11. The zero-order valence-corrected chi connectivity index (χ0v) is 13.6. The van der Waals surface area contributed by atoms with E-state index in [9.17, 15) is 5.11 Å². The molecule has 2 heterocycles. The van der Waals surface area contributed by atoms with Crippen LogP contribution in [0.4, 0.5) is 11.6 Å². The highest BCUT2D eigenvalue weighted by Crippen LogP contribution is 2.20. The summed E-state index contributed by atoms with van der Waals surface area (Å²) in [5, 5.41) is 13.0. The van der Waals surface area contributed by atoms with Gasteiger partial charge in [0, 0.05) is 19.2 Å². The van der Waals surface area contributed by atoms with Gasteiger partial charge in [0.05, 0.1) is 12.6 Å². The molecule has 1 unspecified atom stereocenters. The molecule has 0 radical (unpaired) electrons. The van der Waals surface area contributed by atoms with Crippen molar-refractivity contribution in [1.82, 2.24) is 9.97 Å². The molecule has 1 saturated heterocycles. The first-order valence-electron chi connectivity index (χ1n) is 8.25. The molecule has 1 aromatic heterocycles. The van der Waals surface area contributed by atoms with Crippen LogP contribution in [0.25, 0.3) is 0 Å². The number of aliphatic hydroxyl groups is 1. The lowest BCUT2D eigenvalue weighted by Crippen LogP contribution is -2.27. The summed E-state index contributed by atoms with van der Waals surface area (Å²) in [6, 6.07) is 10.2. The molecule has 0 spiro atoms. The Morgan fingerprint density at radius 3 is 2.74 bits per heavy atom. The van der Waals surface area contributed by atoms with Crippen LogP contribution in [-0.4, -0.2) is 40.8 Å². The van der Waals surface area contributed by atoms with E-state index in [1.807, 2.05) is 18.2 Å². The van der Waals surface area contributed by atoms with E-state index in [1.165, 1.54) is 24.0 Å². The Labute approximate surface area is 137 Å². The largest absolute Gasteiger partial charge is 0.394 e. The van der Waals surface area contributed by atoms with Gasteiger partial charge in [-0.2, -0.15) is 0 Å². The maximum Gasteiger partial charge on any atom is 0.134 e. The van der Waals surface area contributed by atoms with Crippen molar-refractivity contribution in [2.45, 2.75) is 32.2 Å². The zero-order valence-electron chi connectivity index (χ0n) is 13.6. The van der Waals surface area contributed by atoms with E-state index in [4.69, 9.17) is 0 Å².